The van der Waals surface area contributed by atoms with E-state index in [2.05, 4.69) is 9.97 Å². The van der Waals surface area contributed by atoms with Crippen LogP contribution >= 0.6 is 11.6 Å². The number of imidazole rings is 1. The van der Waals surface area contributed by atoms with Gasteiger partial charge in [-0.15, -0.1) is 0 Å². The zero-order valence-corrected chi connectivity index (χ0v) is 8.34. The number of aromatic nitrogens is 2. The maximum atomic E-state index is 9.30. The molecule has 2 aromatic rings. The van der Waals surface area contributed by atoms with Crippen LogP contribution in [0.1, 0.15) is 5.69 Å². The van der Waals surface area contributed by atoms with E-state index in [1.165, 1.54) is 0 Å². The first-order valence-electron chi connectivity index (χ1n) is 4.18. The molecule has 0 amide bonds. The Morgan fingerprint density at radius 3 is 2.79 bits per heavy atom. The van der Waals surface area contributed by atoms with Gasteiger partial charge in [-0.05, 0) is 30.7 Å². The summed E-state index contributed by atoms with van der Waals surface area (Å²) in [6.45, 7) is 1.89. The Morgan fingerprint density at radius 1 is 1.43 bits per heavy atom. The highest BCUT2D eigenvalue weighted by Crippen LogP contribution is 2.25. The molecule has 1 heterocycles. The third kappa shape index (κ3) is 1.59. The molecule has 0 radical (unpaired) electrons. The SMILES string of the molecule is Cc1[nH]c(Cl)nc1-c1cccc(O)c1. The summed E-state index contributed by atoms with van der Waals surface area (Å²) >= 11 is 5.73. The quantitative estimate of drug-likeness (QED) is 0.757. The second kappa shape index (κ2) is 3.35. The molecular formula is C10H9ClN2O. The van der Waals surface area contributed by atoms with Crippen molar-refractivity contribution in [3.63, 3.8) is 0 Å². The number of phenolic OH excluding ortho intramolecular Hbond substituents is 1. The molecule has 2 rings (SSSR count). The molecule has 0 bridgehead atoms. The number of hydrogen-bond acceptors (Lipinski definition) is 2. The lowest BCUT2D eigenvalue weighted by Gasteiger charge is -1.98. The highest BCUT2D eigenvalue weighted by atomic mass is 35.5. The fourth-order valence-corrected chi connectivity index (χ4v) is 1.58. The highest BCUT2D eigenvalue weighted by Gasteiger charge is 2.07. The third-order valence-corrected chi connectivity index (χ3v) is 2.15. The summed E-state index contributed by atoms with van der Waals surface area (Å²) in [5.74, 6) is 0.223. The summed E-state index contributed by atoms with van der Waals surface area (Å²) in [5, 5.41) is 9.66. The smallest absolute Gasteiger partial charge is 0.200 e. The Bertz CT molecular complexity index is 465. The van der Waals surface area contributed by atoms with Crippen LogP contribution in [0.5, 0.6) is 5.75 Å². The zero-order valence-electron chi connectivity index (χ0n) is 7.58. The molecule has 1 aromatic heterocycles. The number of benzene rings is 1. The number of nitrogens with zero attached hydrogens (tertiary/aromatic N) is 1. The van der Waals surface area contributed by atoms with Gasteiger partial charge in [-0.1, -0.05) is 12.1 Å². The van der Waals surface area contributed by atoms with Gasteiger partial charge >= 0.3 is 0 Å². The van der Waals surface area contributed by atoms with E-state index in [0.29, 0.717) is 5.28 Å². The molecule has 0 aliphatic heterocycles. The van der Waals surface area contributed by atoms with Crippen molar-refractivity contribution in [3.05, 3.63) is 35.2 Å². The lowest BCUT2D eigenvalue weighted by atomic mass is 10.1. The van der Waals surface area contributed by atoms with Gasteiger partial charge < -0.3 is 10.1 Å². The standard InChI is InChI=1S/C10H9ClN2O/c1-6-9(13-10(11)12-6)7-3-2-4-8(14)5-7/h2-5,14H,1H3,(H,12,13). The number of aromatic hydroxyl groups is 1. The number of nitrogens with one attached hydrogen (secondary N) is 1. The Kier molecular flexibility index (Phi) is 2.17. The number of H-pyrrole nitrogens is 1. The molecule has 0 saturated heterocycles. The molecule has 0 unspecified atom stereocenters. The lowest BCUT2D eigenvalue weighted by molar-refractivity contribution is 0.475. The Balaban J connectivity index is 2.54. The van der Waals surface area contributed by atoms with Gasteiger partial charge in [0.15, 0.2) is 0 Å². The molecule has 0 atom stereocenters. The van der Waals surface area contributed by atoms with Gasteiger partial charge in [-0.25, -0.2) is 4.98 Å². The van der Waals surface area contributed by atoms with Crippen LogP contribution in [-0.2, 0) is 0 Å². The van der Waals surface area contributed by atoms with Gasteiger partial charge in [0.25, 0.3) is 0 Å². The van der Waals surface area contributed by atoms with Crippen molar-refractivity contribution in [2.45, 2.75) is 6.92 Å². The van der Waals surface area contributed by atoms with E-state index in [4.69, 9.17) is 11.6 Å². The molecule has 3 nitrogen and oxygen atoms in total. The summed E-state index contributed by atoms with van der Waals surface area (Å²) in [6, 6.07) is 6.92. The van der Waals surface area contributed by atoms with E-state index < -0.39 is 0 Å². The monoisotopic (exact) mass is 208 g/mol. The van der Waals surface area contributed by atoms with Crippen LogP contribution < -0.4 is 0 Å². The first-order valence-corrected chi connectivity index (χ1v) is 4.56. The van der Waals surface area contributed by atoms with E-state index in [-0.39, 0.29) is 5.75 Å². The van der Waals surface area contributed by atoms with E-state index >= 15 is 0 Å². The van der Waals surface area contributed by atoms with Crippen LogP contribution in [0.4, 0.5) is 0 Å². The van der Waals surface area contributed by atoms with Gasteiger partial charge in [-0.2, -0.15) is 0 Å². The lowest BCUT2D eigenvalue weighted by Crippen LogP contribution is -1.80. The number of hydrogen-bond donors (Lipinski definition) is 2. The van der Waals surface area contributed by atoms with Crippen LogP contribution in [0.2, 0.25) is 5.28 Å². The minimum atomic E-state index is 0.223. The largest absolute Gasteiger partial charge is 0.508 e. The summed E-state index contributed by atoms with van der Waals surface area (Å²) in [5.41, 5.74) is 2.51. The third-order valence-electron chi connectivity index (χ3n) is 1.98. The normalized spacial score (nSPS) is 10.4. The van der Waals surface area contributed by atoms with Gasteiger partial charge in [-0.3, -0.25) is 0 Å². The number of phenols is 1. The first-order chi connectivity index (χ1) is 6.66. The first kappa shape index (κ1) is 9.09. The second-order valence-electron chi connectivity index (χ2n) is 3.05. The average Bonchev–Trinajstić information content (AvgIpc) is 2.45. The summed E-state index contributed by atoms with van der Waals surface area (Å²) in [4.78, 5) is 7.02. The second-order valence-corrected chi connectivity index (χ2v) is 3.41. The molecule has 4 heteroatoms. The predicted octanol–water partition coefficient (Wildman–Crippen LogP) is 2.74. The van der Waals surface area contributed by atoms with Crippen molar-refractivity contribution < 1.29 is 5.11 Å². The fraction of sp³-hybridized carbons (Fsp3) is 0.100. The van der Waals surface area contributed by atoms with Crippen molar-refractivity contribution in [1.82, 2.24) is 9.97 Å². The molecule has 2 N–H and O–H groups in total. The van der Waals surface area contributed by atoms with Crippen molar-refractivity contribution >= 4 is 11.6 Å². The van der Waals surface area contributed by atoms with Gasteiger partial charge in [0.2, 0.25) is 5.28 Å². The molecular weight excluding hydrogens is 200 g/mol. The van der Waals surface area contributed by atoms with E-state index in [1.807, 2.05) is 13.0 Å². The van der Waals surface area contributed by atoms with Crippen LogP contribution in [-0.4, -0.2) is 15.1 Å². The van der Waals surface area contributed by atoms with E-state index in [1.54, 1.807) is 18.2 Å². The number of halogens is 1. The molecule has 1 aromatic carbocycles. The van der Waals surface area contributed by atoms with Crippen molar-refractivity contribution in [1.29, 1.82) is 0 Å². The highest BCUT2D eigenvalue weighted by molar-refractivity contribution is 6.28. The van der Waals surface area contributed by atoms with Crippen molar-refractivity contribution in [2.24, 2.45) is 0 Å². The van der Waals surface area contributed by atoms with Crippen LogP contribution in [0.25, 0.3) is 11.3 Å². The van der Waals surface area contributed by atoms with Crippen molar-refractivity contribution in [3.8, 4) is 17.0 Å². The molecule has 0 spiro atoms. The van der Waals surface area contributed by atoms with Crippen LogP contribution in [0, 0.1) is 6.92 Å². The summed E-state index contributed by atoms with van der Waals surface area (Å²) in [7, 11) is 0. The molecule has 0 aliphatic rings. The van der Waals surface area contributed by atoms with E-state index in [9.17, 15) is 5.11 Å². The van der Waals surface area contributed by atoms with Crippen LogP contribution in [0.3, 0.4) is 0 Å². The fourth-order valence-electron chi connectivity index (χ4n) is 1.36. The van der Waals surface area contributed by atoms with Crippen LogP contribution in [0.15, 0.2) is 24.3 Å². The topological polar surface area (TPSA) is 48.9 Å². The maximum Gasteiger partial charge on any atom is 0.200 e. The Hall–Kier alpha value is -1.48. The van der Waals surface area contributed by atoms with Gasteiger partial charge in [0.1, 0.15) is 5.75 Å². The van der Waals surface area contributed by atoms with Crippen molar-refractivity contribution in [2.75, 3.05) is 0 Å². The predicted molar refractivity (Wildman–Crippen MR) is 55.4 cm³/mol. The molecule has 0 fully saturated rings. The average molecular weight is 209 g/mol. The Morgan fingerprint density at radius 2 is 2.21 bits per heavy atom. The van der Waals surface area contributed by atoms with Gasteiger partial charge in [0.05, 0.1) is 5.69 Å². The molecule has 0 saturated carbocycles. The maximum absolute atomic E-state index is 9.30. The Labute approximate surface area is 86.4 Å². The van der Waals surface area contributed by atoms with Gasteiger partial charge in [0, 0.05) is 11.3 Å². The summed E-state index contributed by atoms with van der Waals surface area (Å²) < 4.78 is 0. The zero-order chi connectivity index (χ0) is 10.1. The number of aryl methyl sites for hydroxylation is 1. The molecule has 0 aliphatic carbocycles. The number of aromatic amines is 1. The van der Waals surface area contributed by atoms with E-state index in [0.717, 1.165) is 17.0 Å². The number of rotatable bonds is 1. The molecule has 72 valence electrons. The molecule has 14 heavy (non-hydrogen) atoms. The minimum absolute atomic E-state index is 0.223. The summed E-state index contributed by atoms with van der Waals surface area (Å²) in [6.07, 6.45) is 0. The minimum Gasteiger partial charge on any atom is -0.508 e.